The summed E-state index contributed by atoms with van der Waals surface area (Å²) in [6, 6.07) is 3.65. The Bertz CT molecular complexity index is 538. The second-order valence-electron chi connectivity index (χ2n) is 3.88. The summed E-state index contributed by atoms with van der Waals surface area (Å²) in [6.07, 6.45) is 5.08. The van der Waals surface area contributed by atoms with Crippen molar-refractivity contribution >= 4 is 5.84 Å². The van der Waals surface area contributed by atoms with Crippen LogP contribution in [0.15, 0.2) is 35.9 Å². The van der Waals surface area contributed by atoms with Crippen LogP contribution in [0.5, 0.6) is 0 Å². The number of nitrogens with zero attached hydrogens (tertiary/aromatic N) is 5. The van der Waals surface area contributed by atoms with Crippen LogP contribution in [-0.4, -0.2) is 37.6 Å². The normalized spacial score (nSPS) is 11.7. The molecule has 2 aromatic rings. The highest BCUT2D eigenvalue weighted by molar-refractivity contribution is 5.95. The molecule has 19 heavy (non-hydrogen) atoms. The number of oxime groups is 1. The first-order valence-electron chi connectivity index (χ1n) is 5.77. The van der Waals surface area contributed by atoms with Gasteiger partial charge in [0.2, 0.25) is 0 Å². The summed E-state index contributed by atoms with van der Waals surface area (Å²) in [5, 5.41) is 22.4. The van der Waals surface area contributed by atoms with E-state index in [4.69, 9.17) is 10.9 Å². The van der Waals surface area contributed by atoms with E-state index in [2.05, 4.69) is 25.8 Å². The molecule has 100 valence electrons. The summed E-state index contributed by atoms with van der Waals surface area (Å²) < 4.78 is 1.75. The van der Waals surface area contributed by atoms with Gasteiger partial charge in [-0.3, -0.25) is 9.67 Å². The second kappa shape index (κ2) is 6.45. The largest absolute Gasteiger partial charge is 0.409 e. The standard InChI is InChI=1S/C11H15N7O/c12-11(16-19)10-7-9(1-2-14-10)8-13-3-5-18-6-4-15-17-18/h1-2,4,6-7,13,19H,3,5,8H2,(H2,12,16). The number of aromatic nitrogens is 4. The van der Waals surface area contributed by atoms with Crippen LogP contribution in [0.4, 0.5) is 0 Å². The number of pyridine rings is 1. The van der Waals surface area contributed by atoms with Gasteiger partial charge in [-0.15, -0.1) is 5.10 Å². The monoisotopic (exact) mass is 261 g/mol. The smallest absolute Gasteiger partial charge is 0.188 e. The van der Waals surface area contributed by atoms with Gasteiger partial charge in [0.1, 0.15) is 5.69 Å². The molecule has 0 aliphatic carbocycles. The number of hydrogen-bond donors (Lipinski definition) is 3. The molecular weight excluding hydrogens is 246 g/mol. The number of nitrogens with one attached hydrogen (secondary N) is 1. The molecule has 2 heterocycles. The van der Waals surface area contributed by atoms with E-state index in [9.17, 15) is 0 Å². The number of amidine groups is 1. The molecule has 0 unspecified atom stereocenters. The molecular formula is C11H15N7O. The van der Waals surface area contributed by atoms with Gasteiger partial charge in [-0.2, -0.15) is 0 Å². The van der Waals surface area contributed by atoms with Gasteiger partial charge in [0.25, 0.3) is 0 Å². The first-order valence-corrected chi connectivity index (χ1v) is 5.77. The minimum Gasteiger partial charge on any atom is -0.409 e. The molecule has 0 aromatic carbocycles. The van der Waals surface area contributed by atoms with Gasteiger partial charge >= 0.3 is 0 Å². The maximum Gasteiger partial charge on any atom is 0.188 e. The lowest BCUT2D eigenvalue weighted by Crippen LogP contribution is -2.21. The van der Waals surface area contributed by atoms with Crippen molar-refractivity contribution in [1.29, 1.82) is 0 Å². The maximum atomic E-state index is 8.59. The molecule has 2 aromatic heterocycles. The van der Waals surface area contributed by atoms with Gasteiger partial charge in [-0.05, 0) is 17.7 Å². The summed E-state index contributed by atoms with van der Waals surface area (Å²) in [6.45, 7) is 2.19. The van der Waals surface area contributed by atoms with Crippen LogP contribution >= 0.6 is 0 Å². The lowest BCUT2D eigenvalue weighted by atomic mass is 10.2. The maximum absolute atomic E-state index is 8.59. The first kappa shape index (κ1) is 13.0. The summed E-state index contributed by atoms with van der Waals surface area (Å²) in [5.74, 6) is 0.00413. The van der Waals surface area contributed by atoms with Crippen LogP contribution in [0.25, 0.3) is 0 Å². The molecule has 0 aliphatic heterocycles. The Morgan fingerprint density at radius 2 is 2.37 bits per heavy atom. The molecule has 0 atom stereocenters. The zero-order chi connectivity index (χ0) is 13.5. The van der Waals surface area contributed by atoms with E-state index in [1.165, 1.54) is 0 Å². The van der Waals surface area contributed by atoms with E-state index >= 15 is 0 Å². The lowest BCUT2D eigenvalue weighted by Gasteiger charge is -2.06. The van der Waals surface area contributed by atoms with Crippen LogP contribution in [0, 0.1) is 0 Å². The Morgan fingerprint density at radius 1 is 1.47 bits per heavy atom. The van der Waals surface area contributed by atoms with Crippen LogP contribution in [0.1, 0.15) is 11.3 Å². The third-order valence-electron chi connectivity index (χ3n) is 2.51. The predicted molar refractivity (Wildman–Crippen MR) is 68.5 cm³/mol. The SMILES string of the molecule is N/C(=N/O)c1cc(CNCCn2ccnn2)ccn1. The fourth-order valence-electron chi connectivity index (χ4n) is 1.55. The number of hydrogen-bond acceptors (Lipinski definition) is 6. The van der Waals surface area contributed by atoms with Crippen molar-refractivity contribution in [3.8, 4) is 0 Å². The third kappa shape index (κ3) is 3.75. The zero-order valence-electron chi connectivity index (χ0n) is 10.3. The third-order valence-corrected chi connectivity index (χ3v) is 2.51. The average Bonchev–Trinajstić information content (AvgIpc) is 2.96. The molecule has 0 amide bonds. The summed E-state index contributed by atoms with van der Waals surface area (Å²) in [4.78, 5) is 4.01. The van der Waals surface area contributed by atoms with Crippen molar-refractivity contribution in [3.05, 3.63) is 42.0 Å². The first-order chi connectivity index (χ1) is 9.29. The molecule has 0 aliphatic rings. The fourth-order valence-corrected chi connectivity index (χ4v) is 1.55. The van der Waals surface area contributed by atoms with Crippen molar-refractivity contribution in [2.45, 2.75) is 13.1 Å². The highest BCUT2D eigenvalue weighted by Gasteiger charge is 2.02. The lowest BCUT2D eigenvalue weighted by molar-refractivity contribution is 0.318. The second-order valence-corrected chi connectivity index (χ2v) is 3.88. The molecule has 0 saturated heterocycles. The zero-order valence-corrected chi connectivity index (χ0v) is 10.3. The Hall–Kier alpha value is -2.48. The Labute approximate surface area is 109 Å². The predicted octanol–water partition coefficient (Wildman–Crippen LogP) is -0.443. The highest BCUT2D eigenvalue weighted by Crippen LogP contribution is 2.01. The molecule has 8 heteroatoms. The topological polar surface area (TPSA) is 114 Å². The molecule has 2 rings (SSSR count). The molecule has 8 nitrogen and oxygen atoms in total. The van der Waals surface area contributed by atoms with Gasteiger partial charge in [-0.25, -0.2) is 0 Å². The minimum absolute atomic E-state index is 0.00413. The van der Waals surface area contributed by atoms with Gasteiger partial charge < -0.3 is 16.3 Å². The van der Waals surface area contributed by atoms with E-state index in [1.807, 2.05) is 12.3 Å². The van der Waals surface area contributed by atoms with Gasteiger partial charge in [0.05, 0.1) is 12.7 Å². The van der Waals surface area contributed by atoms with Crippen molar-refractivity contribution in [2.24, 2.45) is 10.9 Å². The van der Waals surface area contributed by atoms with E-state index in [-0.39, 0.29) is 5.84 Å². The van der Waals surface area contributed by atoms with E-state index in [0.29, 0.717) is 12.2 Å². The average molecular weight is 261 g/mol. The van der Waals surface area contributed by atoms with Gasteiger partial charge in [0, 0.05) is 25.5 Å². The summed E-state index contributed by atoms with van der Waals surface area (Å²) in [7, 11) is 0. The van der Waals surface area contributed by atoms with E-state index in [1.54, 1.807) is 23.1 Å². The summed E-state index contributed by atoms with van der Waals surface area (Å²) >= 11 is 0. The van der Waals surface area contributed by atoms with Crippen LogP contribution in [-0.2, 0) is 13.1 Å². The van der Waals surface area contributed by atoms with Crippen molar-refractivity contribution in [1.82, 2.24) is 25.3 Å². The molecule has 0 spiro atoms. The Balaban J connectivity index is 1.82. The van der Waals surface area contributed by atoms with Gasteiger partial charge in [0.15, 0.2) is 5.84 Å². The number of rotatable bonds is 6. The molecule has 0 bridgehead atoms. The van der Waals surface area contributed by atoms with E-state index < -0.39 is 0 Å². The molecule has 0 saturated carbocycles. The fraction of sp³-hybridized carbons (Fsp3) is 0.273. The molecule has 0 fully saturated rings. The quantitative estimate of drug-likeness (QED) is 0.213. The Morgan fingerprint density at radius 3 is 3.11 bits per heavy atom. The van der Waals surface area contributed by atoms with Gasteiger partial charge in [-0.1, -0.05) is 10.4 Å². The van der Waals surface area contributed by atoms with Crippen LogP contribution in [0.3, 0.4) is 0 Å². The summed E-state index contributed by atoms with van der Waals surface area (Å²) in [5.41, 5.74) is 6.95. The van der Waals surface area contributed by atoms with Crippen molar-refractivity contribution < 1.29 is 5.21 Å². The molecule has 4 N–H and O–H groups in total. The molecule has 0 radical (unpaired) electrons. The van der Waals surface area contributed by atoms with Crippen molar-refractivity contribution in [2.75, 3.05) is 6.54 Å². The minimum atomic E-state index is 0.00413. The number of nitrogens with two attached hydrogens (primary N) is 1. The highest BCUT2D eigenvalue weighted by atomic mass is 16.4. The van der Waals surface area contributed by atoms with Crippen molar-refractivity contribution in [3.63, 3.8) is 0 Å². The Kier molecular flexibility index (Phi) is 4.40. The van der Waals surface area contributed by atoms with Crippen LogP contribution in [0.2, 0.25) is 0 Å². The van der Waals surface area contributed by atoms with Crippen LogP contribution < -0.4 is 11.1 Å². The van der Waals surface area contributed by atoms with E-state index in [0.717, 1.165) is 18.7 Å².